The molecule has 7 heteroatoms. The molecule has 4 rings (SSSR count). The minimum Gasteiger partial charge on any atom is -0.462 e. The van der Waals surface area contributed by atoms with E-state index >= 15 is 0 Å². The lowest BCUT2D eigenvalue weighted by Crippen LogP contribution is -2.42. The maximum Gasteiger partial charge on any atom is 0.338 e. The SMILES string of the molecule is CCOC(=O)c1ccc(NC(=O)CN2C(=O)[C@@H]3CCCC3=Nc3cc(C)c(C)cc32)cc1. The second-order valence-corrected chi connectivity index (χ2v) is 8.24. The fourth-order valence-electron chi connectivity index (χ4n) is 4.19. The number of ether oxygens (including phenoxy) is 1. The van der Waals surface area contributed by atoms with Gasteiger partial charge in [-0.1, -0.05) is 0 Å². The third-order valence-corrected chi connectivity index (χ3v) is 6.02. The van der Waals surface area contributed by atoms with Crippen molar-refractivity contribution >= 4 is 40.6 Å². The zero-order chi connectivity index (χ0) is 22.8. The van der Waals surface area contributed by atoms with Crippen molar-refractivity contribution in [2.45, 2.75) is 40.0 Å². The second kappa shape index (κ2) is 8.94. The maximum atomic E-state index is 13.4. The van der Waals surface area contributed by atoms with Crippen LogP contribution >= 0.6 is 0 Å². The number of aryl methyl sites for hydroxylation is 2. The number of hydrogen-bond acceptors (Lipinski definition) is 5. The van der Waals surface area contributed by atoms with E-state index < -0.39 is 5.97 Å². The first kappa shape index (κ1) is 21.7. The number of aliphatic imine (C=N–C) groups is 1. The molecule has 0 aromatic heterocycles. The molecule has 1 aliphatic heterocycles. The molecular weight excluding hydrogens is 406 g/mol. The topological polar surface area (TPSA) is 88.1 Å². The highest BCUT2D eigenvalue weighted by atomic mass is 16.5. The Morgan fingerprint density at radius 2 is 1.88 bits per heavy atom. The largest absolute Gasteiger partial charge is 0.462 e. The van der Waals surface area contributed by atoms with Crippen LogP contribution in [0, 0.1) is 19.8 Å². The summed E-state index contributed by atoms with van der Waals surface area (Å²) in [5.74, 6) is -1.06. The molecule has 1 N–H and O–H groups in total. The fourth-order valence-corrected chi connectivity index (χ4v) is 4.19. The molecule has 0 unspecified atom stereocenters. The van der Waals surface area contributed by atoms with E-state index in [1.165, 1.54) is 0 Å². The molecule has 2 aromatic carbocycles. The predicted molar refractivity (Wildman–Crippen MR) is 124 cm³/mol. The van der Waals surface area contributed by atoms with Gasteiger partial charge in [-0.2, -0.15) is 0 Å². The van der Waals surface area contributed by atoms with Crippen LogP contribution in [0.3, 0.4) is 0 Å². The van der Waals surface area contributed by atoms with Crippen LogP contribution in [0.5, 0.6) is 0 Å². The molecule has 1 saturated carbocycles. The molecule has 166 valence electrons. The van der Waals surface area contributed by atoms with Gasteiger partial charge in [0.05, 0.1) is 29.5 Å². The Labute approximate surface area is 187 Å². The van der Waals surface area contributed by atoms with Gasteiger partial charge in [0.15, 0.2) is 0 Å². The van der Waals surface area contributed by atoms with Gasteiger partial charge < -0.3 is 15.0 Å². The van der Waals surface area contributed by atoms with Crippen LogP contribution < -0.4 is 10.2 Å². The molecule has 2 aliphatic rings. The van der Waals surface area contributed by atoms with Crippen molar-refractivity contribution < 1.29 is 19.1 Å². The summed E-state index contributed by atoms with van der Waals surface area (Å²) in [5.41, 5.74) is 5.44. The Morgan fingerprint density at radius 3 is 2.59 bits per heavy atom. The quantitative estimate of drug-likeness (QED) is 0.711. The summed E-state index contributed by atoms with van der Waals surface area (Å²) in [6.07, 6.45) is 2.51. The summed E-state index contributed by atoms with van der Waals surface area (Å²) in [7, 11) is 0. The maximum absolute atomic E-state index is 13.4. The summed E-state index contributed by atoms with van der Waals surface area (Å²) < 4.78 is 4.98. The van der Waals surface area contributed by atoms with Gasteiger partial charge in [-0.15, -0.1) is 0 Å². The van der Waals surface area contributed by atoms with Gasteiger partial charge in [-0.3, -0.25) is 14.6 Å². The van der Waals surface area contributed by atoms with Crippen LogP contribution in [0.4, 0.5) is 17.1 Å². The number of carbonyl (C=O) groups is 3. The van der Waals surface area contributed by atoms with E-state index in [0.717, 1.165) is 41.8 Å². The lowest BCUT2D eigenvalue weighted by Gasteiger charge is -2.25. The van der Waals surface area contributed by atoms with Crippen molar-refractivity contribution in [1.29, 1.82) is 0 Å². The molecule has 7 nitrogen and oxygen atoms in total. The van der Waals surface area contributed by atoms with E-state index in [1.807, 2.05) is 26.0 Å². The number of esters is 1. The standard InChI is InChI=1S/C25H27N3O4/c1-4-32-25(31)17-8-10-18(11-9-17)26-23(29)14-28-22-13-16(3)15(2)12-21(22)27-20-7-5-6-19(20)24(28)30/h8-13,19H,4-7,14H2,1-3H3,(H,26,29)/t19-/m1/s1. The van der Waals surface area contributed by atoms with Gasteiger partial charge >= 0.3 is 5.97 Å². The number of amides is 2. The molecule has 1 aliphatic carbocycles. The van der Waals surface area contributed by atoms with E-state index in [4.69, 9.17) is 9.73 Å². The van der Waals surface area contributed by atoms with Crippen molar-refractivity contribution in [3.05, 3.63) is 53.1 Å². The van der Waals surface area contributed by atoms with Crippen LogP contribution in [-0.2, 0) is 14.3 Å². The smallest absolute Gasteiger partial charge is 0.338 e. The van der Waals surface area contributed by atoms with Crippen molar-refractivity contribution in [1.82, 2.24) is 0 Å². The number of nitrogens with one attached hydrogen (secondary N) is 1. The lowest BCUT2D eigenvalue weighted by molar-refractivity contribution is -0.122. The number of anilines is 2. The zero-order valence-corrected chi connectivity index (χ0v) is 18.6. The first-order valence-electron chi connectivity index (χ1n) is 10.9. The van der Waals surface area contributed by atoms with Crippen LogP contribution in [0.1, 0.15) is 47.7 Å². The van der Waals surface area contributed by atoms with Crippen LogP contribution in [-0.4, -0.2) is 36.6 Å². The Balaban J connectivity index is 1.55. The zero-order valence-electron chi connectivity index (χ0n) is 18.6. The summed E-state index contributed by atoms with van der Waals surface area (Å²) in [4.78, 5) is 44.4. The summed E-state index contributed by atoms with van der Waals surface area (Å²) in [5, 5.41) is 2.82. The van der Waals surface area contributed by atoms with Crippen LogP contribution in [0.15, 0.2) is 41.4 Å². The van der Waals surface area contributed by atoms with Gasteiger partial charge in [0.25, 0.3) is 0 Å². The molecule has 32 heavy (non-hydrogen) atoms. The molecule has 1 atom stereocenters. The van der Waals surface area contributed by atoms with E-state index in [2.05, 4.69) is 5.32 Å². The Kier molecular flexibility index (Phi) is 6.08. The number of carbonyl (C=O) groups excluding carboxylic acids is 3. The predicted octanol–water partition coefficient (Wildman–Crippen LogP) is 4.34. The lowest BCUT2D eigenvalue weighted by atomic mass is 10.0. The minimum atomic E-state index is -0.407. The molecule has 0 saturated heterocycles. The van der Waals surface area contributed by atoms with Crippen molar-refractivity contribution in [2.24, 2.45) is 10.9 Å². The number of hydrogen-bond donors (Lipinski definition) is 1. The fraction of sp³-hybridized carbons (Fsp3) is 0.360. The van der Waals surface area contributed by atoms with Crippen molar-refractivity contribution in [2.75, 3.05) is 23.4 Å². The number of nitrogens with zero attached hydrogens (tertiary/aromatic N) is 2. The molecule has 0 radical (unpaired) electrons. The Morgan fingerprint density at radius 1 is 1.16 bits per heavy atom. The van der Waals surface area contributed by atoms with E-state index in [9.17, 15) is 14.4 Å². The molecular formula is C25H27N3O4. The van der Waals surface area contributed by atoms with Crippen LogP contribution in [0.25, 0.3) is 0 Å². The highest BCUT2D eigenvalue weighted by molar-refractivity contribution is 6.17. The van der Waals surface area contributed by atoms with Gasteiger partial charge in [0, 0.05) is 11.4 Å². The third kappa shape index (κ3) is 4.28. The Hall–Kier alpha value is -3.48. The monoisotopic (exact) mass is 433 g/mol. The van der Waals surface area contributed by atoms with Gasteiger partial charge in [0.1, 0.15) is 6.54 Å². The molecule has 1 fully saturated rings. The highest BCUT2D eigenvalue weighted by Crippen LogP contribution is 2.39. The number of benzene rings is 2. The highest BCUT2D eigenvalue weighted by Gasteiger charge is 2.37. The minimum absolute atomic E-state index is 0.0731. The second-order valence-electron chi connectivity index (χ2n) is 8.24. The van der Waals surface area contributed by atoms with Crippen molar-refractivity contribution in [3.8, 4) is 0 Å². The van der Waals surface area contributed by atoms with Gasteiger partial charge in [0.2, 0.25) is 11.8 Å². The van der Waals surface area contributed by atoms with E-state index in [-0.39, 0.29) is 24.3 Å². The Bertz CT molecular complexity index is 1100. The molecule has 2 aromatic rings. The molecule has 0 spiro atoms. The molecule has 1 heterocycles. The summed E-state index contributed by atoms with van der Waals surface area (Å²) in [6, 6.07) is 10.4. The van der Waals surface area contributed by atoms with Gasteiger partial charge in [-0.05, 0) is 87.6 Å². The number of fused-ring (bicyclic) bond motifs is 2. The average molecular weight is 434 g/mol. The first-order valence-corrected chi connectivity index (χ1v) is 10.9. The summed E-state index contributed by atoms with van der Waals surface area (Å²) in [6.45, 7) is 5.95. The van der Waals surface area contributed by atoms with Crippen molar-refractivity contribution in [3.63, 3.8) is 0 Å². The molecule has 2 amide bonds. The van der Waals surface area contributed by atoms with E-state index in [0.29, 0.717) is 23.5 Å². The van der Waals surface area contributed by atoms with Crippen LogP contribution in [0.2, 0.25) is 0 Å². The number of rotatable bonds is 5. The molecule has 0 bridgehead atoms. The summed E-state index contributed by atoms with van der Waals surface area (Å²) >= 11 is 0. The first-order chi connectivity index (χ1) is 15.4. The van der Waals surface area contributed by atoms with E-state index in [1.54, 1.807) is 36.1 Å². The van der Waals surface area contributed by atoms with Gasteiger partial charge in [-0.25, -0.2) is 4.79 Å². The normalized spacial score (nSPS) is 17.2. The average Bonchev–Trinajstić information content (AvgIpc) is 3.19. The third-order valence-electron chi connectivity index (χ3n) is 6.02.